The minimum absolute atomic E-state index is 0.125. The molecule has 1 aliphatic heterocycles. The van der Waals surface area contributed by atoms with Crippen LogP contribution < -0.4 is 11.1 Å². The second-order valence-electron chi connectivity index (χ2n) is 5.62. The van der Waals surface area contributed by atoms with Gasteiger partial charge in [-0.25, -0.2) is 9.59 Å². The summed E-state index contributed by atoms with van der Waals surface area (Å²) in [5.41, 5.74) is 5.47. The molecule has 10 nitrogen and oxygen atoms in total. The van der Waals surface area contributed by atoms with Gasteiger partial charge in [-0.3, -0.25) is 14.5 Å². The lowest BCUT2D eigenvalue weighted by Crippen LogP contribution is -2.50. The van der Waals surface area contributed by atoms with Crippen LogP contribution in [-0.2, 0) is 19.2 Å². The third-order valence-electron chi connectivity index (χ3n) is 3.59. The highest BCUT2D eigenvalue weighted by atomic mass is 19.4. The fourth-order valence-corrected chi connectivity index (χ4v) is 2.35. The van der Waals surface area contributed by atoms with E-state index in [0.717, 1.165) is 13.0 Å². The largest absolute Gasteiger partial charge is 0.490 e. The second-order valence-corrected chi connectivity index (χ2v) is 5.62. The molecule has 0 saturated carbocycles. The Morgan fingerprint density at radius 3 is 2.15 bits per heavy atom. The summed E-state index contributed by atoms with van der Waals surface area (Å²) >= 11 is 0. The molecule has 1 heterocycles. The Hall–Kier alpha value is -2.41. The maximum atomic E-state index is 12.1. The topological polar surface area (TPSA) is 170 Å². The summed E-state index contributed by atoms with van der Waals surface area (Å²) in [4.78, 5) is 44.4. The number of likely N-dealkylation sites (tertiary alicyclic amines) is 1. The molecular weight excluding hydrogens is 379 g/mol. The number of nitrogens with two attached hydrogens (primary N) is 1. The lowest BCUT2D eigenvalue weighted by molar-refractivity contribution is -0.192. The van der Waals surface area contributed by atoms with Gasteiger partial charge < -0.3 is 26.4 Å². The highest BCUT2D eigenvalue weighted by Gasteiger charge is 2.38. The van der Waals surface area contributed by atoms with Crippen molar-refractivity contribution in [2.75, 3.05) is 19.6 Å². The van der Waals surface area contributed by atoms with E-state index in [4.69, 9.17) is 25.8 Å². The van der Waals surface area contributed by atoms with Gasteiger partial charge in [0, 0.05) is 19.5 Å². The fourth-order valence-electron chi connectivity index (χ4n) is 2.35. The number of carbonyl (C=O) groups is 4. The summed E-state index contributed by atoms with van der Waals surface area (Å²) in [6.45, 7) is 1.79. The molecule has 0 unspecified atom stereocenters. The quantitative estimate of drug-likeness (QED) is 0.359. The Morgan fingerprint density at radius 2 is 1.74 bits per heavy atom. The van der Waals surface area contributed by atoms with Crippen molar-refractivity contribution >= 4 is 23.8 Å². The van der Waals surface area contributed by atoms with Crippen molar-refractivity contribution in [2.24, 2.45) is 5.73 Å². The normalized spacial score (nSPS) is 18.1. The minimum Gasteiger partial charge on any atom is -0.481 e. The van der Waals surface area contributed by atoms with Gasteiger partial charge in [-0.15, -0.1) is 0 Å². The number of amides is 1. The number of alkyl halides is 3. The van der Waals surface area contributed by atoms with E-state index >= 15 is 0 Å². The SMILES string of the molecule is NCCN1CCC[C@H]1C(=O)N[C@@H](CCC(=O)O)C(=O)O.O=C(O)C(F)(F)F. The van der Waals surface area contributed by atoms with E-state index in [0.29, 0.717) is 19.5 Å². The van der Waals surface area contributed by atoms with Crippen LogP contribution in [0.15, 0.2) is 0 Å². The molecule has 0 aliphatic carbocycles. The smallest absolute Gasteiger partial charge is 0.481 e. The first-order valence-electron chi connectivity index (χ1n) is 7.89. The summed E-state index contributed by atoms with van der Waals surface area (Å²) in [5.74, 6) is -5.43. The van der Waals surface area contributed by atoms with Crippen molar-refractivity contribution in [1.29, 1.82) is 0 Å². The number of nitrogens with one attached hydrogen (secondary N) is 1. The zero-order chi connectivity index (χ0) is 21.2. The average Bonchev–Trinajstić information content (AvgIpc) is 2.99. The van der Waals surface area contributed by atoms with Crippen LogP contribution in [-0.4, -0.2) is 81.9 Å². The Bertz CT molecular complexity index is 543. The summed E-state index contributed by atoms with van der Waals surface area (Å²) in [7, 11) is 0. The summed E-state index contributed by atoms with van der Waals surface area (Å²) in [5, 5.41) is 27.1. The van der Waals surface area contributed by atoms with Crippen molar-refractivity contribution in [1.82, 2.24) is 10.2 Å². The number of aliphatic carboxylic acids is 3. The predicted octanol–water partition coefficient (Wildman–Crippen LogP) is -0.523. The van der Waals surface area contributed by atoms with Gasteiger partial charge in [-0.05, 0) is 25.8 Å². The van der Waals surface area contributed by atoms with Crippen molar-refractivity contribution in [3.8, 4) is 0 Å². The van der Waals surface area contributed by atoms with Gasteiger partial charge in [-0.2, -0.15) is 13.2 Å². The number of rotatable bonds is 8. The van der Waals surface area contributed by atoms with Crippen LogP contribution in [0.4, 0.5) is 13.2 Å². The Morgan fingerprint density at radius 1 is 1.19 bits per heavy atom. The Labute approximate surface area is 152 Å². The Balaban J connectivity index is 0.000000821. The molecule has 0 spiro atoms. The molecule has 1 fully saturated rings. The van der Waals surface area contributed by atoms with Crippen LogP contribution in [0.2, 0.25) is 0 Å². The molecule has 1 aliphatic rings. The fraction of sp³-hybridized carbons (Fsp3) is 0.714. The van der Waals surface area contributed by atoms with Crippen LogP contribution in [0, 0.1) is 0 Å². The monoisotopic (exact) mass is 401 g/mol. The molecule has 13 heteroatoms. The highest BCUT2D eigenvalue weighted by molar-refractivity contribution is 5.87. The van der Waals surface area contributed by atoms with Crippen molar-refractivity contribution in [3.63, 3.8) is 0 Å². The van der Waals surface area contributed by atoms with Crippen molar-refractivity contribution < 1.29 is 47.7 Å². The third-order valence-corrected chi connectivity index (χ3v) is 3.59. The molecule has 0 radical (unpaired) electrons. The first-order chi connectivity index (χ1) is 12.4. The number of carbonyl (C=O) groups excluding carboxylic acids is 1. The summed E-state index contributed by atoms with van der Waals surface area (Å²) in [6.07, 6.45) is -3.98. The van der Waals surface area contributed by atoms with Crippen LogP contribution in [0.1, 0.15) is 25.7 Å². The van der Waals surface area contributed by atoms with Gasteiger partial charge in [0.25, 0.3) is 0 Å². The predicted molar refractivity (Wildman–Crippen MR) is 83.8 cm³/mol. The summed E-state index contributed by atoms with van der Waals surface area (Å²) in [6, 6.07) is -1.54. The van der Waals surface area contributed by atoms with Crippen LogP contribution in [0.25, 0.3) is 0 Å². The molecule has 1 saturated heterocycles. The Kier molecular flexibility index (Phi) is 10.3. The lowest BCUT2D eigenvalue weighted by atomic mass is 10.1. The van der Waals surface area contributed by atoms with E-state index < -0.39 is 30.1 Å². The van der Waals surface area contributed by atoms with E-state index in [9.17, 15) is 27.6 Å². The number of hydrogen-bond acceptors (Lipinski definition) is 6. The molecule has 6 N–H and O–H groups in total. The molecule has 0 bridgehead atoms. The first kappa shape index (κ1) is 24.6. The number of carboxylic acids is 3. The maximum absolute atomic E-state index is 12.1. The van der Waals surface area contributed by atoms with Crippen molar-refractivity contribution in [3.05, 3.63) is 0 Å². The van der Waals surface area contributed by atoms with E-state index in [-0.39, 0.29) is 24.8 Å². The molecule has 27 heavy (non-hydrogen) atoms. The zero-order valence-corrected chi connectivity index (χ0v) is 14.2. The van der Waals surface area contributed by atoms with E-state index in [2.05, 4.69) is 5.32 Å². The molecule has 156 valence electrons. The average molecular weight is 401 g/mol. The summed E-state index contributed by atoms with van der Waals surface area (Å²) < 4.78 is 31.7. The standard InChI is InChI=1S/C12H21N3O5.C2HF3O2/c13-5-7-15-6-1-2-9(15)11(18)14-8(12(19)20)3-4-10(16)17;3-2(4,5)1(6)7/h8-9H,1-7,13H2,(H,14,18)(H,16,17)(H,19,20);(H,6,7)/t8-,9-;/m0./s1. The third kappa shape index (κ3) is 9.75. The number of halogens is 3. The zero-order valence-electron chi connectivity index (χ0n) is 14.2. The molecule has 0 aromatic rings. The van der Waals surface area contributed by atoms with E-state index in [1.807, 2.05) is 4.90 Å². The van der Waals surface area contributed by atoms with Gasteiger partial charge >= 0.3 is 24.1 Å². The molecule has 1 amide bonds. The lowest BCUT2D eigenvalue weighted by Gasteiger charge is -2.24. The maximum Gasteiger partial charge on any atom is 0.490 e. The molecule has 0 aromatic carbocycles. The van der Waals surface area contributed by atoms with Gasteiger partial charge in [0.05, 0.1) is 6.04 Å². The molecule has 2 atom stereocenters. The van der Waals surface area contributed by atoms with Gasteiger partial charge in [-0.1, -0.05) is 0 Å². The van der Waals surface area contributed by atoms with E-state index in [1.54, 1.807) is 0 Å². The highest BCUT2D eigenvalue weighted by Crippen LogP contribution is 2.17. The van der Waals surface area contributed by atoms with Crippen molar-refractivity contribution in [2.45, 2.75) is 43.9 Å². The van der Waals surface area contributed by atoms with Crippen LogP contribution in [0.5, 0.6) is 0 Å². The number of carboxylic acid groups (broad SMARTS) is 3. The first-order valence-corrected chi connectivity index (χ1v) is 7.89. The second kappa shape index (κ2) is 11.3. The molecule has 1 rings (SSSR count). The number of nitrogens with zero attached hydrogens (tertiary/aromatic N) is 1. The van der Waals surface area contributed by atoms with Gasteiger partial charge in [0.1, 0.15) is 6.04 Å². The van der Waals surface area contributed by atoms with Crippen LogP contribution in [0.3, 0.4) is 0 Å². The van der Waals surface area contributed by atoms with E-state index in [1.165, 1.54) is 0 Å². The van der Waals surface area contributed by atoms with Crippen LogP contribution >= 0.6 is 0 Å². The molecule has 0 aromatic heterocycles. The van der Waals surface area contributed by atoms with Gasteiger partial charge in [0.15, 0.2) is 0 Å². The molecular formula is C14H22F3N3O7. The number of hydrogen-bond donors (Lipinski definition) is 5. The minimum atomic E-state index is -5.08. The van der Waals surface area contributed by atoms with Gasteiger partial charge in [0.2, 0.25) is 5.91 Å².